The van der Waals surface area contributed by atoms with Crippen molar-refractivity contribution in [1.82, 2.24) is 0 Å². The van der Waals surface area contributed by atoms with Crippen LogP contribution in [0.1, 0.15) is 47.0 Å². The molecule has 1 atom stereocenters. The van der Waals surface area contributed by atoms with E-state index in [0.29, 0.717) is 0 Å². The Morgan fingerprint density at radius 1 is 0.929 bits per heavy atom. The molecule has 0 amide bonds. The maximum absolute atomic E-state index is 11.8. The maximum Gasteiger partial charge on any atom is 0.389 e. The Balaban J connectivity index is 4.02. The van der Waals surface area contributed by atoms with Crippen molar-refractivity contribution in [1.29, 1.82) is 0 Å². The quantitative estimate of drug-likeness (QED) is 0.759. The predicted molar refractivity (Wildman–Crippen MR) is 50.0 cm³/mol. The van der Waals surface area contributed by atoms with Crippen molar-refractivity contribution >= 4 is 0 Å². The molecule has 0 saturated heterocycles. The van der Waals surface area contributed by atoms with Gasteiger partial charge in [-0.3, -0.25) is 0 Å². The van der Waals surface area contributed by atoms with Crippen molar-refractivity contribution in [3.8, 4) is 0 Å². The topological polar surface area (TPSA) is 20.2 Å². The number of hydrogen-bond donors (Lipinski definition) is 1. The van der Waals surface area contributed by atoms with Crippen LogP contribution in [0.15, 0.2) is 0 Å². The zero-order chi connectivity index (χ0) is 11.6. The second-order valence-corrected chi connectivity index (χ2v) is 4.99. The second-order valence-electron chi connectivity index (χ2n) is 4.99. The van der Waals surface area contributed by atoms with Crippen molar-refractivity contribution in [2.24, 2.45) is 5.41 Å². The highest BCUT2D eigenvalue weighted by Gasteiger charge is 2.36. The average molecular weight is 212 g/mol. The molecular formula is C10H19F3O. The van der Waals surface area contributed by atoms with Gasteiger partial charge in [-0.15, -0.1) is 0 Å². The minimum atomic E-state index is -4.12. The predicted octanol–water partition coefficient (Wildman–Crippen LogP) is 3.52. The molecule has 4 heteroatoms. The third kappa shape index (κ3) is 4.84. The summed E-state index contributed by atoms with van der Waals surface area (Å²) in [6.45, 7) is 7.05. The Hall–Kier alpha value is -0.250. The molecule has 0 aliphatic heterocycles. The van der Waals surface area contributed by atoms with E-state index in [1.807, 2.05) is 20.8 Å². The summed E-state index contributed by atoms with van der Waals surface area (Å²) in [6, 6.07) is 0. The van der Waals surface area contributed by atoms with Gasteiger partial charge in [0.15, 0.2) is 0 Å². The second kappa shape index (κ2) is 4.09. The van der Waals surface area contributed by atoms with E-state index in [-0.39, 0.29) is 12.8 Å². The molecule has 0 fully saturated rings. The molecule has 0 radical (unpaired) electrons. The van der Waals surface area contributed by atoms with Crippen molar-refractivity contribution < 1.29 is 18.3 Å². The molecule has 1 N–H and O–H groups in total. The van der Waals surface area contributed by atoms with E-state index in [9.17, 15) is 18.3 Å². The Labute approximate surface area is 83.3 Å². The molecule has 0 rings (SSSR count). The molecule has 0 aliphatic rings. The molecule has 0 bridgehead atoms. The fraction of sp³-hybridized carbons (Fsp3) is 1.00. The number of aliphatic hydroxyl groups is 1. The summed E-state index contributed by atoms with van der Waals surface area (Å²) in [5.41, 5.74) is -1.43. The van der Waals surface area contributed by atoms with Crippen LogP contribution in [0.5, 0.6) is 0 Å². The minimum absolute atomic E-state index is 0.0201. The molecule has 0 spiro atoms. The SMILES string of the molecule is CC(C)(C)C(C)(O)CCCC(F)(F)F. The summed E-state index contributed by atoms with van der Waals surface area (Å²) in [5, 5.41) is 9.88. The van der Waals surface area contributed by atoms with E-state index in [2.05, 4.69) is 0 Å². The minimum Gasteiger partial charge on any atom is -0.390 e. The smallest absolute Gasteiger partial charge is 0.389 e. The monoisotopic (exact) mass is 212 g/mol. The van der Waals surface area contributed by atoms with Crippen molar-refractivity contribution in [3.63, 3.8) is 0 Å². The lowest BCUT2D eigenvalue weighted by molar-refractivity contribution is -0.140. The first-order chi connectivity index (χ1) is 5.96. The third-order valence-electron chi connectivity index (χ3n) is 2.74. The molecule has 86 valence electrons. The molecule has 1 unspecified atom stereocenters. The zero-order valence-electron chi connectivity index (χ0n) is 9.20. The summed E-state index contributed by atoms with van der Waals surface area (Å²) in [4.78, 5) is 0. The van der Waals surface area contributed by atoms with Crippen molar-refractivity contribution in [2.75, 3.05) is 0 Å². The van der Waals surface area contributed by atoms with Gasteiger partial charge in [-0.05, 0) is 25.2 Å². The van der Waals surface area contributed by atoms with E-state index >= 15 is 0 Å². The Kier molecular flexibility index (Phi) is 4.02. The normalized spacial score (nSPS) is 18.0. The lowest BCUT2D eigenvalue weighted by Gasteiger charge is -2.37. The van der Waals surface area contributed by atoms with Gasteiger partial charge in [-0.2, -0.15) is 13.2 Å². The van der Waals surface area contributed by atoms with Gasteiger partial charge in [0.1, 0.15) is 0 Å². The van der Waals surface area contributed by atoms with E-state index in [0.717, 1.165) is 0 Å². The van der Waals surface area contributed by atoms with Gasteiger partial charge in [-0.1, -0.05) is 20.8 Å². The first-order valence-corrected chi connectivity index (χ1v) is 4.75. The van der Waals surface area contributed by atoms with Gasteiger partial charge in [0.2, 0.25) is 0 Å². The van der Waals surface area contributed by atoms with Gasteiger partial charge in [0.25, 0.3) is 0 Å². The molecular weight excluding hydrogens is 193 g/mol. The average Bonchev–Trinajstić information content (AvgIpc) is 1.80. The molecule has 0 heterocycles. The van der Waals surface area contributed by atoms with Crippen LogP contribution in [-0.4, -0.2) is 16.9 Å². The van der Waals surface area contributed by atoms with Crippen LogP contribution >= 0.6 is 0 Å². The molecule has 14 heavy (non-hydrogen) atoms. The van der Waals surface area contributed by atoms with Crippen LogP contribution in [0.25, 0.3) is 0 Å². The Bertz CT molecular complexity index is 177. The fourth-order valence-electron chi connectivity index (χ4n) is 1.01. The van der Waals surface area contributed by atoms with Gasteiger partial charge in [-0.25, -0.2) is 0 Å². The summed E-state index contributed by atoms with van der Waals surface area (Å²) in [6.07, 6.45) is -4.78. The van der Waals surface area contributed by atoms with E-state index in [1.54, 1.807) is 6.92 Å². The largest absolute Gasteiger partial charge is 0.390 e. The summed E-state index contributed by atoms with van der Waals surface area (Å²) in [7, 11) is 0. The van der Waals surface area contributed by atoms with Gasteiger partial charge in [0, 0.05) is 6.42 Å². The molecule has 0 aromatic heterocycles. The van der Waals surface area contributed by atoms with Crippen LogP contribution < -0.4 is 0 Å². The van der Waals surface area contributed by atoms with E-state index in [1.165, 1.54) is 0 Å². The first kappa shape index (κ1) is 13.8. The standard InChI is InChI=1S/C10H19F3O/c1-8(2,3)9(4,14)6-5-7-10(11,12)13/h14H,5-7H2,1-4H3. The number of alkyl halides is 3. The third-order valence-corrected chi connectivity index (χ3v) is 2.74. The molecule has 0 aliphatic carbocycles. The van der Waals surface area contributed by atoms with Crippen LogP contribution in [0.2, 0.25) is 0 Å². The Morgan fingerprint density at radius 3 is 1.64 bits per heavy atom. The van der Waals surface area contributed by atoms with E-state index in [4.69, 9.17) is 0 Å². The lowest BCUT2D eigenvalue weighted by Crippen LogP contribution is -2.39. The van der Waals surface area contributed by atoms with E-state index < -0.39 is 23.6 Å². The Morgan fingerprint density at radius 2 is 1.36 bits per heavy atom. The first-order valence-electron chi connectivity index (χ1n) is 4.75. The van der Waals surface area contributed by atoms with Crippen LogP contribution in [0, 0.1) is 5.41 Å². The maximum atomic E-state index is 11.8. The van der Waals surface area contributed by atoms with Crippen LogP contribution in [0.4, 0.5) is 13.2 Å². The lowest BCUT2D eigenvalue weighted by atomic mass is 9.75. The highest BCUT2D eigenvalue weighted by molar-refractivity contribution is 4.86. The zero-order valence-corrected chi connectivity index (χ0v) is 9.20. The summed E-state index contributed by atoms with van der Waals surface area (Å²) in [5.74, 6) is 0. The highest BCUT2D eigenvalue weighted by atomic mass is 19.4. The van der Waals surface area contributed by atoms with Crippen LogP contribution in [0.3, 0.4) is 0 Å². The molecule has 1 nitrogen and oxygen atoms in total. The molecule has 0 aromatic rings. The van der Waals surface area contributed by atoms with Crippen molar-refractivity contribution in [2.45, 2.75) is 58.7 Å². The van der Waals surface area contributed by atoms with Gasteiger partial charge < -0.3 is 5.11 Å². The number of halogens is 3. The summed E-state index contributed by atoms with van der Waals surface area (Å²) < 4.78 is 35.5. The van der Waals surface area contributed by atoms with Crippen molar-refractivity contribution in [3.05, 3.63) is 0 Å². The molecule has 0 aromatic carbocycles. The highest BCUT2D eigenvalue weighted by Crippen LogP contribution is 2.35. The van der Waals surface area contributed by atoms with Gasteiger partial charge >= 0.3 is 6.18 Å². The van der Waals surface area contributed by atoms with Crippen LogP contribution in [-0.2, 0) is 0 Å². The summed E-state index contributed by atoms with van der Waals surface area (Å²) >= 11 is 0. The van der Waals surface area contributed by atoms with Gasteiger partial charge in [0.05, 0.1) is 5.60 Å². The molecule has 0 saturated carbocycles. The number of hydrogen-bond acceptors (Lipinski definition) is 1. The number of rotatable bonds is 3. The fourth-order valence-corrected chi connectivity index (χ4v) is 1.01.